The Balaban J connectivity index is 1.43. The van der Waals surface area contributed by atoms with Gasteiger partial charge in [0.25, 0.3) is 0 Å². The van der Waals surface area contributed by atoms with E-state index in [1.165, 1.54) is 26.3 Å². The molecule has 0 aromatic heterocycles. The predicted octanol–water partition coefficient (Wildman–Crippen LogP) is 6.66. The van der Waals surface area contributed by atoms with E-state index in [0.717, 1.165) is 51.4 Å². The van der Waals surface area contributed by atoms with E-state index in [1.54, 1.807) is 0 Å². The molecule has 1 saturated heterocycles. The first-order chi connectivity index (χ1) is 22.8. The second kappa shape index (κ2) is 12.4. The van der Waals surface area contributed by atoms with Gasteiger partial charge in [-0.25, -0.2) is 0 Å². The maximum Gasteiger partial charge on any atom is 0.303 e. The first-order valence-corrected chi connectivity index (χ1v) is 18.9. The molecule has 6 rings (SSSR count). The average molecular weight is 684 g/mol. The zero-order valence-electron chi connectivity index (χ0n) is 31.6. The molecule has 49 heavy (non-hydrogen) atoms. The molecule has 6 aliphatic rings. The summed E-state index contributed by atoms with van der Waals surface area (Å²) in [5.41, 5.74) is 0.0618. The van der Waals surface area contributed by atoms with Gasteiger partial charge in [0.05, 0.1) is 18.6 Å². The molecule has 0 aromatic rings. The quantitative estimate of drug-likeness (QED) is 0.180. The number of allylic oxidation sites excluding steroid dienone is 2. The molecule has 0 radical (unpaired) electrons. The number of rotatable bonds is 5. The molecule has 1 aliphatic heterocycles. The van der Waals surface area contributed by atoms with Crippen LogP contribution in [0.15, 0.2) is 11.6 Å². The maximum absolute atomic E-state index is 14.6. The molecule has 0 spiro atoms. The molecule has 10 atom stereocenters. The summed E-state index contributed by atoms with van der Waals surface area (Å²) in [6.45, 7) is 21.0. The largest absolute Gasteiger partial charge is 0.465 e. The van der Waals surface area contributed by atoms with Gasteiger partial charge in [-0.15, -0.1) is 0 Å². The van der Waals surface area contributed by atoms with Gasteiger partial charge in [0.1, 0.15) is 18.8 Å². The van der Waals surface area contributed by atoms with Gasteiger partial charge >= 0.3 is 17.9 Å². The minimum absolute atomic E-state index is 0.0614. The molecular formula is C40H61NO8. The summed E-state index contributed by atoms with van der Waals surface area (Å²) < 4.78 is 23.4. The fourth-order valence-electron chi connectivity index (χ4n) is 12.8. The Bertz CT molecular complexity index is 1400. The highest BCUT2D eigenvalue weighted by Gasteiger charge is 2.72. The number of morpholine rings is 1. The van der Waals surface area contributed by atoms with Crippen LogP contribution in [0.2, 0.25) is 0 Å². The van der Waals surface area contributed by atoms with Crippen LogP contribution in [0, 0.1) is 50.2 Å². The van der Waals surface area contributed by atoms with Gasteiger partial charge in [0, 0.05) is 39.3 Å². The lowest BCUT2D eigenvalue weighted by molar-refractivity contribution is -0.255. The summed E-state index contributed by atoms with van der Waals surface area (Å²) in [4.78, 5) is 54.0. The first kappa shape index (κ1) is 36.4. The lowest BCUT2D eigenvalue weighted by Crippen LogP contribution is -2.69. The summed E-state index contributed by atoms with van der Waals surface area (Å²) in [6, 6.07) is 0. The molecule has 1 amide bonds. The summed E-state index contributed by atoms with van der Waals surface area (Å²) in [7, 11) is 0. The molecule has 9 nitrogen and oxygen atoms in total. The van der Waals surface area contributed by atoms with E-state index >= 15 is 0 Å². The maximum atomic E-state index is 14.6. The number of nitrogens with zero attached hydrogens (tertiary/aromatic N) is 1. The van der Waals surface area contributed by atoms with Crippen molar-refractivity contribution in [3.63, 3.8) is 0 Å². The highest BCUT2D eigenvalue weighted by atomic mass is 16.6. The van der Waals surface area contributed by atoms with Crippen molar-refractivity contribution in [2.24, 2.45) is 50.2 Å². The summed E-state index contributed by atoms with van der Waals surface area (Å²) in [6.07, 6.45) is 9.33. The number of carbonyl (C=O) groups is 4. The van der Waals surface area contributed by atoms with Crippen LogP contribution in [0.3, 0.4) is 0 Å². The Morgan fingerprint density at radius 2 is 1.47 bits per heavy atom. The van der Waals surface area contributed by atoms with Gasteiger partial charge in [0.15, 0.2) is 0 Å². The highest BCUT2D eigenvalue weighted by molar-refractivity contribution is 5.84. The van der Waals surface area contributed by atoms with Crippen molar-refractivity contribution in [3.8, 4) is 0 Å². The zero-order valence-corrected chi connectivity index (χ0v) is 31.6. The Labute approximate surface area is 293 Å². The van der Waals surface area contributed by atoms with Crippen molar-refractivity contribution in [2.45, 2.75) is 132 Å². The Kier molecular flexibility index (Phi) is 9.18. The van der Waals surface area contributed by atoms with E-state index < -0.39 is 29.6 Å². The van der Waals surface area contributed by atoms with Crippen molar-refractivity contribution >= 4 is 23.8 Å². The van der Waals surface area contributed by atoms with Crippen LogP contribution >= 0.6 is 0 Å². The number of hydrogen-bond acceptors (Lipinski definition) is 8. The fourth-order valence-corrected chi connectivity index (χ4v) is 12.8. The molecule has 5 fully saturated rings. The van der Waals surface area contributed by atoms with Gasteiger partial charge in [-0.3, -0.25) is 19.2 Å². The van der Waals surface area contributed by atoms with Crippen LogP contribution in [0.25, 0.3) is 0 Å². The van der Waals surface area contributed by atoms with Crippen molar-refractivity contribution < 1.29 is 38.1 Å². The molecule has 0 bridgehead atoms. The highest BCUT2D eigenvalue weighted by Crippen LogP contribution is 2.76. The van der Waals surface area contributed by atoms with Crippen LogP contribution in [-0.4, -0.2) is 73.8 Å². The lowest BCUT2D eigenvalue weighted by atomic mass is 9.33. The molecule has 0 aromatic carbocycles. The molecule has 4 saturated carbocycles. The zero-order chi connectivity index (χ0) is 35.8. The van der Waals surface area contributed by atoms with Gasteiger partial charge in [-0.1, -0.05) is 53.2 Å². The lowest BCUT2D eigenvalue weighted by Gasteiger charge is -2.71. The van der Waals surface area contributed by atoms with E-state index in [9.17, 15) is 19.2 Å². The topological polar surface area (TPSA) is 108 Å². The fraction of sp³-hybridized carbons (Fsp3) is 0.850. The minimum atomic E-state index is -0.754. The van der Waals surface area contributed by atoms with E-state index in [-0.39, 0.29) is 57.4 Å². The van der Waals surface area contributed by atoms with Crippen LogP contribution < -0.4 is 0 Å². The van der Waals surface area contributed by atoms with Crippen molar-refractivity contribution in [2.75, 3.05) is 32.9 Å². The number of ether oxygens (including phenoxy) is 4. The molecule has 0 N–H and O–H groups in total. The second-order valence-electron chi connectivity index (χ2n) is 18.4. The first-order valence-electron chi connectivity index (χ1n) is 18.9. The SMILES string of the molecule is CC(=O)OC[C@@]1(C)C2CC[C@]3(C)C(CC=C4C5CC(C)(C)CC[C@]5(C(=O)N5CCOCC5)CC[C@]43C)[C@@]2(C)C[C@@H](OC(C)=O)[C@@H]1OC(C)=O. The summed E-state index contributed by atoms with van der Waals surface area (Å²) >= 11 is 0. The number of hydrogen-bond donors (Lipinski definition) is 0. The third kappa shape index (κ3) is 5.67. The third-order valence-electron chi connectivity index (χ3n) is 15.2. The Hall–Kier alpha value is -2.42. The monoisotopic (exact) mass is 683 g/mol. The van der Waals surface area contributed by atoms with Gasteiger partial charge in [-0.05, 0) is 97.2 Å². The van der Waals surface area contributed by atoms with Gasteiger partial charge < -0.3 is 23.8 Å². The molecule has 3 unspecified atom stereocenters. The van der Waals surface area contributed by atoms with Gasteiger partial charge in [0.2, 0.25) is 5.91 Å². The smallest absolute Gasteiger partial charge is 0.303 e. The molecule has 5 aliphatic carbocycles. The molecule has 1 heterocycles. The Morgan fingerprint density at radius 3 is 2.10 bits per heavy atom. The Morgan fingerprint density at radius 1 is 0.816 bits per heavy atom. The number of amides is 1. The average Bonchev–Trinajstić information content (AvgIpc) is 3.02. The molecular weight excluding hydrogens is 622 g/mol. The van der Waals surface area contributed by atoms with Crippen LogP contribution in [0.4, 0.5) is 0 Å². The molecule has 9 heteroatoms. The van der Waals surface area contributed by atoms with Crippen molar-refractivity contribution in [1.29, 1.82) is 0 Å². The van der Waals surface area contributed by atoms with E-state index in [1.807, 2.05) is 0 Å². The standard InChI is InChI=1S/C40H61NO8/c1-25(42)47-24-37(7)31-12-13-39(9)32(36(31,6)23-30(48-26(2)43)33(37)49-27(3)44)11-10-28-29-22-35(4,5)14-16-40(29,17-15-38(28,39)8)34(45)41-18-20-46-21-19-41/h10,29-33H,11-24H2,1-9H3/t29?,30-,31?,32?,33+,36+,37+,38-,39-,40+/m1/s1. The normalized spacial score (nSPS) is 44.1. The van der Waals surface area contributed by atoms with Crippen molar-refractivity contribution in [1.82, 2.24) is 4.90 Å². The summed E-state index contributed by atoms with van der Waals surface area (Å²) in [5, 5.41) is 0. The number of fused-ring (bicyclic) bond motifs is 7. The van der Waals surface area contributed by atoms with Crippen LogP contribution in [0.1, 0.15) is 120 Å². The van der Waals surface area contributed by atoms with Gasteiger partial charge in [-0.2, -0.15) is 0 Å². The van der Waals surface area contributed by atoms with E-state index in [0.29, 0.717) is 38.6 Å². The van der Waals surface area contributed by atoms with E-state index in [2.05, 4.69) is 52.5 Å². The van der Waals surface area contributed by atoms with E-state index in [4.69, 9.17) is 18.9 Å². The number of carbonyl (C=O) groups excluding carboxylic acids is 4. The minimum Gasteiger partial charge on any atom is -0.465 e. The van der Waals surface area contributed by atoms with Crippen molar-refractivity contribution in [3.05, 3.63) is 11.6 Å². The molecule has 274 valence electrons. The third-order valence-corrected chi connectivity index (χ3v) is 15.2. The predicted molar refractivity (Wildman–Crippen MR) is 184 cm³/mol. The second-order valence-corrected chi connectivity index (χ2v) is 18.4. The van der Waals surface area contributed by atoms with Crippen LogP contribution in [-0.2, 0) is 38.1 Å². The summed E-state index contributed by atoms with van der Waals surface area (Å²) in [5.74, 6) is -0.376. The number of esters is 3. The van der Waals surface area contributed by atoms with Crippen LogP contribution in [0.5, 0.6) is 0 Å².